The van der Waals surface area contributed by atoms with Gasteiger partial charge in [-0.15, -0.1) is 0 Å². The highest BCUT2D eigenvalue weighted by Gasteiger charge is 2.26. The Kier molecular flexibility index (Phi) is 3.71. The summed E-state index contributed by atoms with van der Waals surface area (Å²) in [4.78, 5) is 2.39. The maximum Gasteiger partial charge on any atom is 0.0339 e. The van der Waals surface area contributed by atoms with Gasteiger partial charge in [0.05, 0.1) is 0 Å². The van der Waals surface area contributed by atoms with Crippen LogP contribution in [-0.2, 0) is 0 Å². The van der Waals surface area contributed by atoms with E-state index in [4.69, 9.17) is 0 Å². The summed E-state index contributed by atoms with van der Waals surface area (Å²) < 4.78 is 0. The van der Waals surface area contributed by atoms with Crippen molar-refractivity contribution in [3.8, 4) is 0 Å². The first kappa shape index (κ1) is 10.7. The van der Waals surface area contributed by atoms with Crippen molar-refractivity contribution in [3.63, 3.8) is 0 Å². The van der Waals surface area contributed by atoms with Crippen molar-refractivity contribution in [1.82, 2.24) is 15.3 Å². The maximum absolute atomic E-state index is 3.67. The number of likely N-dealkylation sites (N-methyl/N-ethyl adjacent to an activating group) is 1. The van der Waals surface area contributed by atoms with E-state index in [0.717, 1.165) is 5.25 Å². The molecule has 2 aliphatic heterocycles. The van der Waals surface area contributed by atoms with Gasteiger partial charge in [0, 0.05) is 37.5 Å². The monoisotopic (exact) mass is 215 g/mol. The molecule has 2 fully saturated rings. The van der Waals surface area contributed by atoms with Crippen molar-refractivity contribution in [2.24, 2.45) is 0 Å². The van der Waals surface area contributed by atoms with Gasteiger partial charge in [0.25, 0.3) is 0 Å². The summed E-state index contributed by atoms with van der Waals surface area (Å²) in [7, 11) is 2.20. The highest BCUT2D eigenvalue weighted by molar-refractivity contribution is 8.00. The van der Waals surface area contributed by atoms with Crippen molar-refractivity contribution in [1.29, 1.82) is 0 Å². The molecule has 0 saturated carbocycles. The molecule has 2 heterocycles. The van der Waals surface area contributed by atoms with Crippen molar-refractivity contribution < 1.29 is 0 Å². The number of piperazine rings is 1. The van der Waals surface area contributed by atoms with Crippen molar-refractivity contribution in [3.05, 3.63) is 0 Å². The fraction of sp³-hybridized carbons (Fsp3) is 1.00. The predicted molar refractivity (Wildman–Crippen MR) is 62.5 cm³/mol. The predicted octanol–water partition coefficient (Wildman–Crippen LogP) is 0.632. The van der Waals surface area contributed by atoms with E-state index in [2.05, 4.69) is 41.1 Å². The molecule has 0 aliphatic carbocycles. The number of thioether (sulfide) groups is 1. The van der Waals surface area contributed by atoms with Crippen LogP contribution < -0.4 is 5.43 Å². The second-order valence-corrected chi connectivity index (χ2v) is 5.88. The molecule has 0 radical (unpaired) electrons. The van der Waals surface area contributed by atoms with Crippen LogP contribution in [-0.4, -0.2) is 60.2 Å². The molecule has 0 aromatic carbocycles. The normalized spacial score (nSPS) is 36.4. The number of nitrogens with zero attached hydrogens (tertiary/aromatic N) is 2. The van der Waals surface area contributed by atoms with E-state index in [0.29, 0.717) is 6.04 Å². The first-order chi connectivity index (χ1) is 6.75. The lowest BCUT2D eigenvalue weighted by Gasteiger charge is -2.35. The molecule has 0 amide bonds. The van der Waals surface area contributed by atoms with Gasteiger partial charge in [-0.2, -0.15) is 11.8 Å². The summed E-state index contributed by atoms with van der Waals surface area (Å²) in [6.45, 7) is 7.07. The topological polar surface area (TPSA) is 18.5 Å². The van der Waals surface area contributed by atoms with Gasteiger partial charge >= 0.3 is 0 Å². The second kappa shape index (κ2) is 4.84. The summed E-state index contributed by atoms with van der Waals surface area (Å²) in [5.41, 5.74) is 3.67. The fourth-order valence-electron chi connectivity index (χ4n) is 2.07. The molecule has 0 aromatic heterocycles. The zero-order valence-electron chi connectivity index (χ0n) is 9.20. The number of nitrogens with one attached hydrogen (secondary N) is 1. The Labute approximate surface area is 91.2 Å². The molecule has 1 N–H and O–H groups in total. The van der Waals surface area contributed by atoms with Gasteiger partial charge in [-0.1, -0.05) is 6.92 Å². The molecule has 0 spiro atoms. The van der Waals surface area contributed by atoms with Crippen LogP contribution in [0.2, 0.25) is 0 Å². The Morgan fingerprint density at radius 2 is 1.93 bits per heavy atom. The first-order valence-corrected chi connectivity index (χ1v) is 6.62. The number of hydrogen-bond acceptors (Lipinski definition) is 4. The maximum atomic E-state index is 3.67. The van der Waals surface area contributed by atoms with E-state index < -0.39 is 0 Å². The van der Waals surface area contributed by atoms with Crippen LogP contribution in [0.5, 0.6) is 0 Å². The lowest BCUT2D eigenvalue weighted by atomic mass is 10.2. The van der Waals surface area contributed by atoms with E-state index in [1.807, 2.05) is 0 Å². The summed E-state index contributed by atoms with van der Waals surface area (Å²) in [6.07, 6.45) is 1.33. The van der Waals surface area contributed by atoms with Gasteiger partial charge in [0.2, 0.25) is 0 Å². The van der Waals surface area contributed by atoms with Crippen LogP contribution in [0, 0.1) is 0 Å². The Bertz CT molecular complexity index is 180. The minimum absolute atomic E-state index is 0.711. The molecule has 0 bridgehead atoms. The molecule has 2 aliphatic rings. The van der Waals surface area contributed by atoms with E-state index in [1.54, 1.807) is 0 Å². The van der Waals surface area contributed by atoms with Crippen molar-refractivity contribution in [2.45, 2.75) is 24.6 Å². The molecule has 3 nitrogen and oxygen atoms in total. The van der Waals surface area contributed by atoms with Gasteiger partial charge < -0.3 is 4.90 Å². The lowest BCUT2D eigenvalue weighted by molar-refractivity contribution is 0.0875. The average Bonchev–Trinajstić information content (AvgIpc) is 2.56. The summed E-state index contributed by atoms with van der Waals surface area (Å²) in [6, 6.07) is 0.711. The Morgan fingerprint density at radius 3 is 2.50 bits per heavy atom. The number of hydrazine groups is 1. The van der Waals surface area contributed by atoms with E-state index in [1.165, 1.54) is 38.4 Å². The van der Waals surface area contributed by atoms with Crippen molar-refractivity contribution in [2.75, 3.05) is 39.0 Å². The highest BCUT2D eigenvalue weighted by atomic mass is 32.2. The van der Waals surface area contributed by atoms with Crippen LogP contribution in [0.3, 0.4) is 0 Å². The third-order valence-electron chi connectivity index (χ3n) is 3.23. The van der Waals surface area contributed by atoms with Crippen LogP contribution >= 0.6 is 11.8 Å². The van der Waals surface area contributed by atoms with Gasteiger partial charge in [0.1, 0.15) is 0 Å². The van der Waals surface area contributed by atoms with Crippen molar-refractivity contribution >= 4 is 11.8 Å². The first-order valence-electron chi connectivity index (χ1n) is 5.57. The second-order valence-electron chi connectivity index (χ2n) is 4.39. The van der Waals surface area contributed by atoms with Crippen LogP contribution in [0.4, 0.5) is 0 Å². The summed E-state index contributed by atoms with van der Waals surface area (Å²) in [5, 5.41) is 3.20. The molecular weight excluding hydrogens is 194 g/mol. The quantitative estimate of drug-likeness (QED) is 0.728. The van der Waals surface area contributed by atoms with Crippen LogP contribution in [0.1, 0.15) is 13.3 Å². The number of hydrogen-bond donors (Lipinski definition) is 1. The standard InChI is InChI=1S/C10H21N3S/c1-9-10(3-8-14-9)11-13-6-4-12(2)5-7-13/h9-11H,3-8H2,1-2H3. The molecule has 82 valence electrons. The average molecular weight is 215 g/mol. The van der Waals surface area contributed by atoms with E-state index >= 15 is 0 Å². The molecule has 4 heteroatoms. The molecule has 2 saturated heterocycles. The zero-order valence-corrected chi connectivity index (χ0v) is 10.0. The van der Waals surface area contributed by atoms with E-state index in [9.17, 15) is 0 Å². The highest BCUT2D eigenvalue weighted by Crippen LogP contribution is 2.26. The Hall–Kier alpha value is 0.230. The lowest BCUT2D eigenvalue weighted by Crippen LogP contribution is -2.54. The molecule has 2 atom stereocenters. The molecular formula is C10H21N3S. The minimum atomic E-state index is 0.711. The van der Waals surface area contributed by atoms with Crippen LogP contribution in [0.25, 0.3) is 0 Å². The smallest absolute Gasteiger partial charge is 0.0339 e. The fourth-order valence-corrected chi connectivity index (χ4v) is 3.26. The largest absolute Gasteiger partial charge is 0.304 e. The van der Waals surface area contributed by atoms with Gasteiger partial charge in [0.15, 0.2) is 0 Å². The SMILES string of the molecule is CC1SCCC1NN1CCN(C)CC1. The molecule has 14 heavy (non-hydrogen) atoms. The Morgan fingerprint density at radius 1 is 1.21 bits per heavy atom. The summed E-state index contributed by atoms with van der Waals surface area (Å²) in [5.74, 6) is 1.33. The van der Waals surface area contributed by atoms with Gasteiger partial charge in [-0.25, -0.2) is 5.01 Å². The van der Waals surface area contributed by atoms with Gasteiger partial charge in [-0.3, -0.25) is 5.43 Å². The summed E-state index contributed by atoms with van der Waals surface area (Å²) >= 11 is 2.09. The molecule has 0 aromatic rings. The van der Waals surface area contributed by atoms with Crippen LogP contribution in [0.15, 0.2) is 0 Å². The molecule has 2 rings (SSSR count). The number of rotatable bonds is 2. The van der Waals surface area contributed by atoms with Gasteiger partial charge in [-0.05, 0) is 19.2 Å². The zero-order chi connectivity index (χ0) is 9.97. The minimum Gasteiger partial charge on any atom is -0.304 e. The third kappa shape index (κ3) is 2.63. The van der Waals surface area contributed by atoms with E-state index in [-0.39, 0.29) is 0 Å². The molecule has 2 unspecified atom stereocenters. The third-order valence-corrected chi connectivity index (χ3v) is 4.55. The Balaban J connectivity index is 1.74.